The fourth-order valence-electron chi connectivity index (χ4n) is 1.48. The summed E-state index contributed by atoms with van der Waals surface area (Å²) in [5.74, 6) is -0.174. The van der Waals surface area contributed by atoms with Crippen molar-refractivity contribution in [2.24, 2.45) is 0 Å². The Morgan fingerprint density at radius 3 is 2.93 bits per heavy atom. The van der Waals surface area contributed by atoms with Crippen LogP contribution in [0.3, 0.4) is 0 Å². The van der Waals surface area contributed by atoms with Crippen molar-refractivity contribution in [2.75, 3.05) is 11.1 Å². The number of anilines is 1. The Bertz CT molecular complexity index is 548. The number of sulfone groups is 1. The number of nitriles is 1. The van der Waals surface area contributed by atoms with Crippen LogP contribution >= 0.6 is 15.9 Å². The van der Waals surface area contributed by atoms with E-state index in [1.54, 1.807) is 18.2 Å². The van der Waals surface area contributed by atoms with E-state index in [0.29, 0.717) is 10.2 Å². The molecule has 1 atom stereocenters. The molecule has 15 heavy (non-hydrogen) atoms. The van der Waals surface area contributed by atoms with Crippen LogP contribution in [0.15, 0.2) is 27.6 Å². The lowest BCUT2D eigenvalue weighted by molar-refractivity contribution is 0.591. The first kappa shape index (κ1) is 10.5. The summed E-state index contributed by atoms with van der Waals surface area (Å²) < 4.78 is 24.3. The second kappa shape index (κ2) is 3.51. The van der Waals surface area contributed by atoms with Crippen LogP contribution in [0, 0.1) is 11.3 Å². The first-order valence-corrected chi connectivity index (χ1v) is 6.66. The molecule has 0 bridgehead atoms. The van der Waals surface area contributed by atoms with Crippen molar-refractivity contribution in [3.8, 4) is 6.07 Å². The Balaban J connectivity index is 2.62. The first-order valence-electron chi connectivity index (χ1n) is 4.21. The van der Waals surface area contributed by atoms with Crippen molar-refractivity contribution >= 4 is 31.5 Å². The second-order valence-electron chi connectivity index (χ2n) is 3.25. The standard InChI is InChI=1S/C9H7BrN2O2S/c10-6-1-2-8-9(3-6)15(13,14)5-7(4-11)12-8/h1-3,7,12H,5H2. The highest BCUT2D eigenvalue weighted by Crippen LogP contribution is 2.30. The number of benzene rings is 1. The Morgan fingerprint density at radius 2 is 2.27 bits per heavy atom. The maximum absolute atomic E-state index is 11.8. The third kappa shape index (κ3) is 1.85. The van der Waals surface area contributed by atoms with E-state index in [2.05, 4.69) is 21.2 Å². The van der Waals surface area contributed by atoms with Crippen molar-refractivity contribution in [1.29, 1.82) is 5.26 Å². The van der Waals surface area contributed by atoms with E-state index in [0.717, 1.165) is 0 Å². The zero-order chi connectivity index (χ0) is 11.1. The van der Waals surface area contributed by atoms with Crippen LogP contribution in [0.2, 0.25) is 0 Å². The van der Waals surface area contributed by atoms with Crippen molar-refractivity contribution in [2.45, 2.75) is 10.9 Å². The summed E-state index contributed by atoms with van der Waals surface area (Å²) >= 11 is 3.22. The highest BCUT2D eigenvalue weighted by molar-refractivity contribution is 9.10. The average Bonchev–Trinajstić information content (AvgIpc) is 2.18. The van der Waals surface area contributed by atoms with E-state index in [1.807, 2.05) is 6.07 Å². The maximum Gasteiger partial charge on any atom is 0.183 e. The number of fused-ring (bicyclic) bond motifs is 1. The number of rotatable bonds is 0. The monoisotopic (exact) mass is 286 g/mol. The largest absolute Gasteiger partial charge is 0.368 e. The number of hydrogen-bond donors (Lipinski definition) is 1. The molecule has 0 aliphatic carbocycles. The van der Waals surface area contributed by atoms with Gasteiger partial charge in [-0.3, -0.25) is 0 Å². The molecule has 1 aliphatic heterocycles. The molecule has 0 fully saturated rings. The van der Waals surface area contributed by atoms with Gasteiger partial charge < -0.3 is 5.32 Å². The van der Waals surface area contributed by atoms with Crippen molar-refractivity contribution < 1.29 is 8.42 Å². The van der Waals surface area contributed by atoms with E-state index in [1.165, 1.54) is 0 Å². The minimum Gasteiger partial charge on any atom is -0.368 e. The van der Waals surface area contributed by atoms with Crippen LogP contribution in [-0.2, 0) is 9.84 Å². The zero-order valence-corrected chi connectivity index (χ0v) is 9.97. The summed E-state index contributed by atoms with van der Waals surface area (Å²) in [5.41, 5.74) is 0.496. The fraction of sp³-hybridized carbons (Fsp3) is 0.222. The Hall–Kier alpha value is -1.06. The number of nitrogens with one attached hydrogen (secondary N) is 1. The van der Waals surface area contributed by atoms with Crippen LogP contribution in [0.5, 0.6) is 0 Å². The van der Waals surface area contributed by atoms with E-state index < -0.39 is 15.9 Å². The predicted molar refractivity (Wildman–Crippen MR) is 59.2 cm³/mol. The fourth-order valence-corrected chi connectivity index (χ4v) is 3.54. The van der Waals surface area contributed by atoms with E-state index >= 15 is 0 Å². The Morgan fingerprint density at radius 1 is 1.53 bits per heavy atom. The molecule has 1 unspecified atom stereocenters. The predicted octanol–water partition coefficient (Wildman–Crippen LogP) is 1.54. The molecular weight excluding hydrogens is 280 g/mol. The summed E-state index contributed by atoms with van der Waals surface area (Å²) in [4.78, 5) is 0.253. The molecule has 1 aliphatic rings. The van der Waals surface area contributed by atoms with Gasteiger partial charge in [-0.1, -0.05) is 15.9 Å². The molecule has 4 nitrogen and oxygen atoms in total. The topological polar surface area (TPSA) is 70.0 Å². The van der Waals surface area contributed by atoms with Crippen LogP contribution in [0.1, 0.15) is 0 Å². The third-order valence-corrected chi connectivity index (χ3v) is 4.42. The number of nitrogens with zero attached hydrogens (tertiary/aromatic N) is 1. The van der Waals surface area contributed by atoms with E-state index in [-0.39, 0.29) is 10.6 Å². The molecular formula is C9H7BrN2O2S. The molecule has 78 valence electrons. The zero-order valence-electron chi connectivity index (χ0n) is 7.57. The second-order valence-corrected chi connectivity index (χ2v) is 6.17. The number of halogens is 1. The Labute approximate surface area is 96.0 Å². The highest BCUT2D eigenvalue weighted by Gasteiger charge is 2.29. The summed E-state index contributed by atoms with van der Waals surface area (Å²) in [6.45, 7) is 0. The quantitative estimate of drug-likeness (QED) is 0.785. The normalized spacial score (nSPS) is 22.3. The molecule has 1 heterocycles. The van der Waals surface area contributed by atoms with Crippen molar-refractivity contribution in [3.05, 3.63) is 22.7 Å². The lowest BCUT2D eigenvalue weighted by atomic mass is 10.2. The molecule has 0 radical (unpaired) electrons. The van der Waals surface area contributed by atoms with Gasteiger partial charge in [0.2, 0.25) is 0 Å². The molecule has 0 saturated carbocycles. The van der Waals surface area contributed by atoms with Gasteiger partial charge in [0.25, 0.3) is 0 Å². The first-order chi connectivity index (χ1) is 7.03. The highest BCUT2D eigenvalue weighted by atomic mass is 79.9. The molecule has 0 spiro atoms. The average molecular weight is 287 g/mol. The van der Waals surface area contributed by atoms with Crippen molar-refractivity contribution in [1.82, 2.24) is 0 Å². The van der Waals surface area contributed by atoms with Crippen LogP contribution in [-0.4, -0.2) is 20.2 Å². The molecule has 0 amide bonds. The lowest BCUT2D eigenvalue weighted by Gasteiger charge is -2.22. The summed E-state index contributed by atoms with van der Waals surface area (Å²) in [6.07, 6.45) is 0. The summed E-state index contributed by atoms with van der Waals surface area (Å²) in [5, 5.41) is 11.6. The van der Waals surface area contributed by atoms with Gasteiger partial charge in [0.15, 0.2) is 9.84 Å². The van der Waals surface area contributed by atoms with Gasteiger partial charge in [0, 0.05) is 4.47 Å². The minimum atomic E-state index is -3.34. The molecule has 1 aromatic carbocycles. The SMILES string of the molecule is N#CC1CS(=O)(=O)c2cc(Br)ccc2N1. The van der Waals surface area contributed by atoms with Crippen LogP contribution in [0.4, 0.5) is 5.69 Å². The van der Waals surface area contributed by atoms with E-state index in [4.69, 9.17) is 5.26 Å². The molecule has 0 aromatic heterocycles. The van der Waals surface area contributed by atoms with Gasteiger partial charge >= 0.3 is 0 Å². The van der Waals surface area contributed by atoms with Gasteiger partial charge in [-0.15, -0.1) is 0 Å². The van der Waals surface area contributed by atoms with Gasteiger partial charge in [0.05, 0.1) is 22.4 Å². The molecule has 1 N–H and O–H groups in total. The van der Waals surface area contributed by atoms with Crippen LogP contribution in [0.25, 0.3) is 0 Å². The molecule has 6 heteroatoms. The Kier molecular flexibility index (Phi) is 2.44. The number of hydrogen-bond acceptors (Lipinski definition) is 4. The van der Waals surface area contributed by atoms with Crippen molar-refractivity contribution in [3.63, 3.8) is 0 Å². The van der Waals surface area contributed by atoms with Gasteiger partial charge in [0.1, 0.15) is 6.04 Å². The minimum absolute atomic E-state index is 0.174. The summed E-state index contributed by atoms with van der Waals surface area (Å²) in [7, 11) is -3.34. The smallest absolute Gasteiger partial charge is 0.183 e. The summed E-state index contributed by atoms with van der Waals surface area (Å²) in [6, 6.07) is 6.19. The van der Waals surface area contributed by atoms with Gasteiger partial charge in [-0.25, -0.2) is 8.42 Å². The maximum atomic E-state index is 11.8. The molecule has 1 aromatic rings. The third-order valence-electron chi connectivity index (χ3n) is 2.15. The molecule has 0 saturated heterocycles. The lowest BCUT2D eigenvalue weighted by Crippen LogP contribution is -2.32. The van der Waals surface area contributed by atoms with E-state index in [9.17, 15) is 8.42 Å². The van der Waals surface area contributed by atoms with Gasteiger partial charge in [-0.05, 0) is 18.2 Å². The molecule has 2 rings (SSSR count). The van der Waals surface area contributed by atoms with Gasteiger partial charge in [-0.2, -0.15) is 5.26 Å². The van der Waals surface area contributed by atoms with Crippen LogP contribution < -0.4 is 5.32 Å².